The summed E-state index contributed by atoms with van der Waals surface area (Å²) in [4.78, 5) is 22.9. The highest BCUT2D eigenvalue weighted by Gasteiger charge is 2.13. The van der Waals surface area contributed by atoms with Crippen molar-refractivity contribution in [1.29, 1.82) is 0 Å². The molecule has 0 radical (unpaired) electrons. The van der Waals surface area contributed by atoms with Crippen LogP contribution in [0.5, 0.6) is 11.5 Å². The number of fused-ring (bicyclic) bond motifs is 1. The third-order valence-corrected chi connectivity index (χ3v) is 3.89. The smallest absolute Gasteiger partial charge is 0.272 e. The number of ketones is 1. The number of nitro benzene ring substituents is 1. The predicted molar refractivity (Wildman–Crippen MR) is 93.2 cm³/mol. The number of nitrogens with zero attached hydrogens (tertiary/aromatic N) is 1. The molecule has 2 aromatic rings. The molecule has 128 valence electrons. The number of aryl methyl sites for hydroxylation is 1. The van der Waals surface area contributed by atoms with Crippen molar-refractivity contribution in [2.24, 2.45) is 0 Å². The SMILES string of the molecule is Cc1ccc(/C=C/C(=O)c2ccc3c(c2)OCCCO3)cc1[N+](=O)[O-]. The van der Waals surface area contributed by atoms with E-state index in [1.54, 1.807) is 43.3 Å². The standard InChI is InChI=1S/C19H17NO5/c1-13-3-4-14(11-16(13)20(22)23)5-7-17(21)15-6-8-18-19(12-15)25-10-2-9-24-18/h3-8,11-12H,2,9-10H2,1H3/b7-5+. The van der Waals surface area contributed by atoms with Crippen molar-refractivity contribution < 1.29 is 19.2 Å². The Morgan fingerprint density at radius 2 is 1.88 bits per heavy atom. The van der Waals surface area contributed by atoms with Gasteiger partial charge in [0, 0.05) is 23.6 Å². The number of carbonyl (C=O) groups excluding carboxylic acids is 1. The van der Waals surface area contributed by atoms with Gasteiger partial charge in [0.2, 0.25) is 0 Å². The van der Waals surface area contributed by atoms with E-state index < -0.39 is 4.92 Å². The highest BCUT2D eigenvalue weighted by atomic mass is 16.6. The zero-order valence-corrected chi connectivity index (χ0v) is 13.7. The van der Waals surface area contributed by atoms with Crippen LogP contribution in [-0.2, 0) is 0 Å². The molecule has 25 heavy (non-hydrogen) atoms. The summed E-state index contributed by atoms with van der Waals surface area (Å²) in [5.74, 6) is 0.980. The molecule has 0 unspecified atom stereocenters. The molecule has 0 aliphatic carbocycles. The normalized spacial score (nSPS) is 13.5. The van der Waals surface area contributed by atoms with E-state index in [9.17, 15) is 14.9 Å². The number of ether oxygens (including phenoxy) is 2. The molecule has 0 fully saturated rings. The molecule has 1 aliphatic heterocycles. The minimum absolute atomic E-state index is 0.0326. The predicted octanol–water partition coefficient (Wildman–Crippen LogP) is 3.96. The number of carbonyl (C=O) groups is 1. The van der Waals surface area contributed by atoms with E-state index in [1.165, 1.54) is 12.1 Å². The van der Waals surface area contributed by atoms with Gasteiger partial charge < -0.3 is 9.47 Å². The largest absolute Gasteiger partial charge is 0.490 e. The van der Waals surface area contributed by atoms with Crippen LogP contribution < -0.4 is 9.47 Å². The van der Waals surface area contributed by atoms with Crippen LogP contribution in [0.4, 0.5) is 5.69 Å². The molecule has 0 bridgehead atoms. The van der Waals surface area contributed by atoms with Crippen molar-refractivity contribution in [2.75, 3.05) is 13.2 Å². The maximum Gasteiger partial charge on any atom is 0.272 e. The fourth-order valence-corrected chi connectivity index (χ4v) is 2.51. The van der Waals surface area contributed by atoms with E-state index in [0.717, 1.165) is 6.42 Å². The first-order chi connectivity index (χ1) is 12.0. The molecule has 2 aromatic carbocycles. The first kappa shape index (κ1) is 16.7. The Kier molecular flexibility index (Phi) is 4.79. The molecular weight excluding hydrogens is 322 g/mol. The summed E-state index contributed by atoms with van der Waals surface area (Å²) < 4.78 is 11.1. The first-order valence-electron chi connectivity index (χ1n) is 7.92. The third kappa shape index (κ3) is 3.85. The van der Waals surface area contributed by atoms with Crippen molar-refractivity contribution in [2.45, 2.75) is 13.3 Å². The van der Waals surface area contributed by atoms with Crippen LogP contribution in [0.15, 0.2) is 42.5 Å². The van der Waals surface area contributed by atoms with E-state index in [-0.39, 0.29) is 11.5 Å². The molecule has 6 heteroatoms. The zero-order valence-electron chi connectivity index (χ0n) is 13.7. The van der Waals surface area contributed by atoms with Gasteiger partial charge in [0.25, 0.3) is 5.69 Å². The van der Waals surface area contributed by atoms with Crippen LogP contribution in [0.2, 0.25) is 0 Å². The molecule has 0 aromatic heterocycles. The summed E-state index contributed by atoms with van der Waals surface area (Å²) in [5, 5.41) is 11.0. The minimum atomic E-state index is -0.432. The molecule has 1 heterocycles. The molecule has 3 rings (SSSR count). The lowest BCUT2D eigenvalue weighted by molar-refractivity contribution is -0.385. The van der Waals surface area contributed by atoms with Crippen molar-refractivity contribution in [3.63, 3.8) is 0 Å². The third-order valence-electron chi connectivity index (χ3n) is 3.89. The molecule has 0 spiro atoms. The Morgan fingerprint density at radius 1 is 1.12 bits per heavy atom. The summed E-state index contributed by atoms with van der Waals surface area (Å²) in [5.41, 5.74) is 1.68. The van der Waals surface area contributed by atoms with Gasteiger partial charge >= 0.3 is 0 Å². The maximum atomic E-state index is 12.4. The molecule has 6 nitrogen and oxygen atoms in total. The molecule has 0 N–H and O–H groups in total. The number of nitro groups is 1. The maximum absolute atomic E-state index is 12.4. The molecule has 0 atom stereocenters. The second-order valence-electron chi connectivity index (χ2n) is 5.71. The number of benzene rings is 2. The quantitative estimate of drug-likeness (QED) is 0.365. The van der Waals surface area contributed by atoms with Gasteiger partial charge in [0.15, 0.2) is 17.3 Å². The van der Waals surface area contributed by atoms with Crippen LogP contribution in [0, 0.1) is 17.0 Å². The van der Waals surface area contributed by atoms with Crippen LogP contribution in [0.25, 0.3) is 6.08 Å². The van der Waals surface area contributed by atoms with Gasteiger partial charge in [-0.1, -0.05) is 18.2 Å². The Hall–Kier alpha value is -3.15. The fourth-order valence-electron chi connectivity index (χ4n) is 2.51. The first-order valence-corrected chi connectivity index (χ1v) is 7.92. The summed E-state index contributed by atoms with van der Waals surface area (Å²) in [6, 6.07) is 9.91. The summed E-state index contributed by atoms with van der Waals surface area (Å²) >= 11 is 0. The lowest BCUT2D eigenvalue weighted by Crippen LogP contribution is -1.98. The Bertz CT molecular complexity index is 857. The second-order valence-corrected chi connectivity index (χ2v) is 5.71. The molecule has 1 aliphatic rings. The average molecular weight is 339 g/mol. The van der Waals surface area contributed by atoms with Gasteiger partial charge in [-0.2, -0.15) is 0 Å². The van der Waals surface area contributed by atoms with Crippen LogP contribution in [-0.4, -0.2) is 23.9 Å². The number of hydrogen-bond donors (Lipinski definition) is 0. The zero-order chi connectivity index (χ0) is 17.8. The van der Waals surface area contributed by atoms with Gasteiger partial charge in [0.1, 0.15) is 0 Å². The van der Waals surface area contributed by atoms with Crippen molar-refractivity contribution in [3.8, 4) is 11.5 Å². The molecular formula is C19H17NO5. The van der Waals surface area contributed by atoms with Gasteiger partial charge in [0.05, 0.1) is 18.1 Å². The van der Waals surface area contributed by atoms with E-state index in [4.69, 9.17) is 9.47 Å². The Morgan fingerprint density at radius 3 is 2.64 bits per heavy atom. The van der Waals surface area contributed by atoms with E-state index in [2.05, 4.69) is 0 Å². The van der Waals surface area contributed by atoms with Crippen molar-refractivity contribution in [3.05, 3.63) is 69.3 Å². The summed E-state index contributed by atoms with van der Waals surface area (Å²) in [6.07, 6.45) is 3.76. The Balaban J connectivity index is 1.80. The summed E-state index contributed by atoms with van der Waals surface area (Å²) in [7, 11) is 0. The molecule has 0 saturated carbocycles. The summed E-state index contributed by atoms with van der Waals surface area (Å²) in [6.45, 7) is 2.81. The lowest BCUT2D eigenvalue weighted by atomic mass is 10.1. The van der Waals surface area contributed by atoms with Crippen molar-refractivity contribution in [1.82, 2.24) is 0 Å². The van der Waals surface area contributed by atoms with Crippen molar-refractivity contribution >= 4 is 17.5 Å². The minimum Gasteiger partial charge on any atom is -0.490 e. The number of hydrogen-bond acceptors (Lipinski definition) is 5. The average Bonchev–Trinajstić information content (AvgIpc) is 2.85. The monoisotopic (exact) mass is 339 g/mol. The highest BCUT2D eigenvalue weighted by molar-refractivity contribution is 6.07. The topological polar surface area (TPSA) is 78.7 Å². The van der Waals surface area contributed by atoms with E-state index >= 15 is 0 Å². The fraction of sp³-hybridized carbons (Fsp3) is 0.211. The molecule has 0 saturated heterocycles. The van der Waals surface area contributed by atoms with Gasteiger partial charge in [-0.25, -0.2) is 0 Å². The van der Waals surface area contributed by atoms with Crippen LogP contribution in [0.3, 0.4) is 0 Å². The van der Waals surface area contributed by atoms with Gasteiger partial charge in [-0.05, 0) is 36.8 Å². The van der Waals surface area contributed by atoms with E-state index in [1.807, 2.05) is 0 Å². The lowest BCUT2D eigenvalue weighted by Gasteiger charge is -2.07. The highest BCUT2D eigenvalue weighted by Crippen LogP contribution is 2.30. The Labute approximate surface area is 144 Å². The second kappa shape index (κ2) is 7.17. The van der Waals surface area contributed by atoms with E-state index in [0.29, 0.717) is 41.4 Å². The number of rotatable bonds is 4. The van der Waals surface area contributed by atoms with Crippen LogP contribution in [0.1, 0.15) is 27.9 Å². The number of allylic oxidation sites excluding steroid dienone is 1. The van der Waals surface area contributed by atoms with Gasteiger partial charge in [-0.3, -0.25) is 14.9 Å². The van der Waals surface area contributed by atoms with Gasteiger partial charge in [-0.15, -0.1) is 0 Å². The molecule has 0 amide bonds. The van der Waals surface area contributed by atoms with Crippen LogP contribution >= 0.6 is 0 Å².